The molecule has 0 saturated carbocycles. The van der Waals surface area contributed by atoms with E-state index in [0.29, 0.717) is 5.56 Å². The molecule has 3 aromatic carbocycles. The van der Waals surface area contributed by atoms with Crippen LogP contribution < -0.4 is 0 Å². The van der Waals surface area contributed by atoms with Gasteiger partial charge in [-0.25, -0.2) is 9.18 Å². The minimum absolute atomic E-state index is 0.0284. The number of amides is 1. The Kier molecular flexibility index (Phi) is 7.87. The zero-order chi connectivity index (χ0) is 25.8. The summed E-state index contributed by atoms with van der Waals surface area (Å²) in [6.07, 6.45) is 0.179. The number of thiophene rings is 1. The summed E-state index contributed by atoms with van der Waals surface area (Å²) in [5.74, 6) is -1.90. The highest BCUT2D eigenvalue weighted by atomic mass is 35.5. The first-order valence-corrected chi connectivity index (χ1v) is 12.7. The van der Waals surface area contributed by atoms with Gasteiger partial charge in [0.25, 0.3) is 5.91 Å². The molecule has 4 nitrogen and oxygen atoms in total. The van der Waals surface area contributed by atoms with Crippen LogP contribution in [0.2, 0.25) is 5.02 Å². The lowest BCUT2D eigenvalue weighted by Crippen LogP contribution is -2.46. The first kappa shape index (κ1) is 25.6. The number of hydrogen-bond acceptors (Lipinski definition) is 3. The van der Waals surface area contributed by atoms with Crippen molar-refractivity contribution in [1.82, 2.24) is 4.90 Å². The molecule has 1 aromatic heterocycles. The monoisotopic (exact) mass is 521 g/mol. The maximum absolute atomic E-state index is 13.8. The number of benzene rings is 3. The molecule has 0 bridgehead atoms. The predicted octanol–water partition coefficient (Wildman–Crippen LogP) is 7.16. The molecule has 4 rings (SSSR count). The van der Waals surface area contributed by atoms with Gasteiger partial charge in [-0.1, -0.05) is 65.7 Å². The third kappa shape index (κ3) is 5.83. The van der Waals surface area contributed by atoms with Crippen molar-refractivity contribution in [2.75, 3.05) is 0 Å². The number of carbonyl (C=O) groups excluding carboxylic acids is 1. The molecule has 1 amide bonds. The smallest absolute Gasteiger partial charge is 0.326 e. The van der Waals surface area contributed by atoms with Crippen LogP contribution in [0, 0.1) is 19.7 Å². The molecule has 0 saturated heterocycles. The molecule has 1 atom stereocenters. The van der Waals surface area contributed by atoms with Crippen LogP contribution in [0.5, 0.6) is 0 Å². The second-order valence-corrected chi connectivity index (χ2v) is 10.1. The largest absolute Gasteiger partial charge is 0.480 e. The molecule has 36 heavy (non-hydrogen) atoms. The third-order valence-corrected chi connectivity index (χ3v) is 7.25. The average Bonchev–Trinajstić information content (AvgIpc) is 3.32. The lowest BCUT2D eigenvalue weighted by molar-refractivity contribution is -0.142. The van der Waals surface area contributed by atoms with Gasteiger partial charge >= 0.3 is 5.97 Å². The predicted molar refractivity (Wildman–Crippen MR) is 142 cm³/mol. The van der Waals surface area contributed by atoms with Crippen molar-refractivity contribution < 1.29 is 19.1 Å². The number of carbonyl (C=O) groups is 2. The Morgan fingerprint density at radius 1 is 1.00 bits per heavy atom. The highest BCUT2D eigenvalue weighted by Crippen LogP contribution is 2.30. The number of halogens is 2. The standard InChI is InChI=1S/C29H25ClFNO3S/c1-18-8-10-24(19(2)12-18)28(33)32(27(29(34)35)13-20-6-4-3-5-7-20)16-23-14-22(17-36-23)21-9-11-26(31)25(30)15-21/h3-12,14-15,17,27H,13,16H2,1-2H3,(H,34,35)/t27-/m0/s1. The highest BCUT2D eigenvalue weighted by molar-refractivity contribution is 7.10. The van der Waals surface area contributed by atoms with Gasteiger partial charge in [0.1, 0.15) is 11.9 Å². The zero-order valence-corrected chi connectivity index (χ0v) is 21.4. The van der Waals surface area contributed by atoms with E-state index in [9.17, 15) is 19.1 Å². The molecule has 0 unspecified atom stereocenters. The van der Waals surface area contributed by atoms with E-state index >= 15 is 0 Å². The highest BCUT2D eigenvalue weighted by Gasteiger charge is 2.32. The second-order valence-electron chi connectivity index (χ2n) is 8.73. The summed E-state index contributed by atoms with van der Waals surface area (Å²) in [5, 5.41) is 12.1. The maximum atomic E-state index is 13.8. The van der Waals surface area contributed by atoms with Crippen molar-refractivity contribution in [2.24, 2.45) is 0 Å². The van der Waals surface area contributed by atoms with Gasteiger partial charge < -0.3 is 10.0 Å². The van der Waals surface area contributed by atoms with E-state index in [1.807, 2.05) is 67.8 Å². The minimum atomic E-state index is -1.07. The summed E-state index contributed by atoms with van der Waals surface area (Å²) in [5.41, 5.74) is 4.69. The maximum Gasteiger partial charge on any atom is 0.326 e. The van der Waals surface area contributed by atoms with Gasteiger partial charge in [0.15, 0.2) is 0 Å². The van der Waals surface area contributed by atoms with Crippen LogP contribution in [0.15, 0.2) is 78.2 Å². The Morgan fingerprint density at radius 3 is 2.42 bits per heavy atom. The van der Waals surface area contributed by atoms with E-state index in [2.05, 4.69) is 0 Å². The quantitative estimate of drug-likeness (QED) is 0.267. The number of aliphatic carboxylic acids is 1. The minimum Gasteiger partial charge on any atom is -0.480 e. The van der Waals surface area contributed by atoms with Gasteiger partial charge in [0.05, 0.1) is 11.6 Å². The van der Waals surface area contributed by atoms with Gasteiger partial charge in [-0.05, 0) is 65.7 Å². The van der Waals surface area contributed by atoms with Crippen LogP contribution in [-0.4, -0.2) is 27.9 Å². The normalized spacial score (nSPS) is 11.8. The van der Waals surface area contributed by atoms with Gasteiger partial charge in [-0.15, -0.1) is 11.3 Å². The topological polar surface area (TPSA) is 57.6 Å². The van der Waals surface area contributed by atoms with Gasteiger partial charge in [0, 0.05) is 16.9 Å². The van der Waals surface area contributed by atoms with E-state index in [-0.39, 0.29) is 23.9 Å². The van der Waals surface area contributed by atoms with Crippen LogP contribution in [0.3, 0.4) is 0 Å². The Morgan fingerprint density at radius 2 is 1.75 bits per heavy atom. The fraction of sp³-hybridized carbons (Fsp3) is 0.172. The van der Waals surface area contributed by atoms with Gasteiger partial charge in [-0.3, -0.25) is 4.79 Å². The van der Waals surface area contributed by atoms with Gasteiger partial charge in [-0.2, -0.15) is 0 Å². The van der Waals surface area contributed by atoms with E-state index in [0.717, 1.165) is 32.7 Å². The van der Waals surface area contributed by atoms with Crippen molar-refractivity contribution in [3.63, 3.8) is 0 Å². The fourth-order valence-corrected chi connectivity index (χ4v) is 5.23. The van der Waals surface area contributed by atoms with Crippen LogP contribution in [0.25, 0.3) is 11.1 Å². The number of carboxylic acid groups (broad SMARTS) is 1. The molecule has 0 spiro atoms. The van der Waals surface area contributed by atoms with Crippen LogP contribution in [-0.2, 0) is 17.8 Å². The number of rotatable bonds is 8. The molecule has 0 aliphatic carbocycles. The number of hydrogen-bond donors (Lipinski definition) is 1. The summed E-state index contributed by atoms with van der Waals surface area (Å²) >= 11 is 7.37. The van der Waals surface area contributed by atoms with Gasteiger partial charge in [0.2, 0.25) is 0 Å². The van der Waals surface area contributed by atoms with Crippen molar-refractivity contribution in [3.05, 3.63) is 116 Å². The molecule has 184 valence electrons. The van der Waals surface area contributed by atoms with Crippen molar-refractivity contribution in [2.45, 2.75) is 32.9 Å². The summed E-state index contributed by atoms with van der Waals surface area (Å²) in [6, 6.07) is 20.1. The molecule has 7 heteroatoms. The van der Waals surface area contributed by atoms with Crippen LogP contribution in [0.1, 0.15) is 31.9 Å². The van der Waals surface area contributed by atoms with E-state index < -0.39 is 17.8 Å². The Hall–Kier alpha value is -3.48. The molecule has 1 heterocycles. The molecule has 0 radical (unpaired) electrons. The Balaban J connectivity index is 1.70. The molecular formula is C29H25ClFNO3S. The van der Waals surface area contributed by atoms with Crippen LogP contribution in [0.4, 0.5) is 4.39 Å². The van der Waals surface area contributed by atoms with E-state index in [1.165, 1.54) is 22.3 Å². The van der Waals surface area contributed by atoms with Crippen molar-refractivity contribution in [1.29, 1.82) is 0 Å². The SMILES string of the molecule is Cc1ccc(C(=O)N(Cc2cc(-c3ccc(F)c(Cl)c3)cs2)[C@@H](Cc2ccccc2)C(=O)O)c(C)c1. The average molecular weight is 522 g/mol. The Labute approximate surface area is 218 Å². The van der Waals surface area contributed by atoms with Crippen molar-refractivity contribution in [3.8, 4) is 11.1 Å². The molecule has 0 fully saturated rings. The van der Waals surface area contributed by atoms with E-state index in [1.54, 1.807) is 18.2 Å². The lowest BCUT2D eigenvalue weighted by atomic mass is 10.0. The first-order chi connectivity index (χ1) is 17.2. The molecular weight excluding hydrogens is 497 g/mol. The molecule has 0 aliphatic rings. The zero-order valence-electron chi connectivity index (χ0n) is 19.9. The summed E-state index contributed by atoms with van der Waals surface area (Å²) in [4.78, 5) is 28.5. The van der Waals surface area contributed by atoms with Crippen LogP contribution >= 0.6 is 22.9 Å². The number of aryl methyl sites for hydroxylation is 2. The third-order valence-electron chi connectivity index (χ3n) is 6.04. The number of carboxylic acids is 1. The second kappa shape index (κ2) is 11.1. The first-order valence-electron chi connectivity index (χ1n) is 11.4. The Bertz CT molecular complexity index is 1400. The summed E-state index contributed by atoms with van der Waals surface area (Å²) in [7, 11) is 0. The molecule has 0 aliphatic heterocycles. The summed E-state index contributed by atoms with van der Waals surface area (Å²) < 4.78 is 13.6. The van der Waals surface area contributed by atoms with E-state index in [4.69, 9.17) is 11.6 Å². The summed E-state index contributed by atoms with van der Waals surface area (Å²) in [6.45, 7) is 3.92. The number of nitrogens with zero attached hydrogens (tertiary/aromatic N) is 1. The molecule has 4 aromatic rings. The molecule has 1 N–H and O–H groups in total. The van der Waals surface area contributed by atoms with Crippen molar-refractivity contribution >= 4 is 34.8 Å². The fourth-order valence-electron chi connectivity index (χ4n) is 4.16. The lowest BCUT2D eigenvalue weighted by Gasteiger charge is -2.29.